The summed E-state index contributed by atoms with van der Waals surface area (Å²) in [6, 6.07) is 12.8. The number of hydrogen-bond acceptors (Lipinski definition) is 10. The second-order valence-electron chi connectivity index (χ2n) is 18.1. The van der Waals surface area contributed by atoms with Crippen LogP contribution in [-0.2, 0) is 30.4 Å². The molecule has 0 radical (unpaired) electrons. The van der Waals surface area contributed by atoms with Gasteiger partial charge in [-0.05, 0) is 110 Å². The van der Waals surface area contributed by atoms with Gasteiger partial charge in [0.05, 0.1) is 49.2 Å². The average molecular weight is 889 g/mol. The van der Waals surface area contributed by atoms with E-state index >= 15 is 0 Å². The summed E-state index contributed by atoms with van der Waals surface area (Å²) in [6.07, 6.45) is 6.62. The van der Waals surface area contributed by atoms with E-state index in [9.17, 15) is 19.2 Å². The number of rotatable bonds is 11. The van der Waals surface area contributed by atoms with Crippen LogP contribution in [0.5, 0.6) is 5.75 Å². The number of hydrogen-bond donors (Lipinski definition) is 4. The molecule has 3 aromatic carbocycles. The molecular weight excluding hydrogens is 829 g/mol. The summed E-state index contributed by atoms with van der Waals surface area (Å²) in [5.74, 6) is 1.83. The van der Waals surface area contributed by atoms with Gasteiger partial charge in [-0.1, -0.05) is 45.4 Å². The molecular formula is C49H60N8O8. The number of H-pyrrole nitrogens is 2. The number of imidazole rings is 2. The molecule has 3 saturated heterocycles. The van der Waals surface area contributed by atoms with E-state index in [4.69, 9.17) is 28.9 Å². The molecule has 5 aromatic rings. The van der Waals surface area contributed by atoms with Crippen LogP contribution in [0.2, 0.25) is 0 Å². The first-order valence-electron chi connectivity index (χ1n) is 23.2. The Labute approximate surface area is 378 Å². The molecule has 9 rings (SSSR count). The molecule has 0 spiro atoms. The first kappa shape index (κ1) is 44.1. The van der Waals surface area contributed by atoms with Crippen LogP contribution >= 0.6 is 0 Å². The van der Waals surface area contributed by atoms with Gasteiger partial charge < -0.3 is 49.3 Å². The Morgan fingerprint density at radius 2 is 1.60 bits per heavy atom. The molecule has 7 unspecified atom stereocenters. The van der Waals surface area contributed by atoms with Crippen molar-refractivity contribution in [2.24, 2.45) is 11.8 Å². The van der Waals surface area contributed by atoms with Gasteiger partial charge in [-0.2, -0.15) is 0 Å². The lowest BCUT2D eigenvalue weighted by molar-refractivity contribution is -0.139. The van der Waals surface area contributed by atoms with E-state index in [1.54, 1.807) is 0 Å². The summed E-state index contributed by atoms with van der Waals surface area (Å²) in [4.78, 5) is 74.3. The number of ether oxygens (including phenoxy) is 4. The first-order valence-corrected chi connectivity index (χ1v) is 23.2. The van der Waals surface area contributed by atoms with Crippen LogP contribution in [0.25, 0.3) is 44.2 Å². The van der Waals surface area contributed by atoms with Crippen molar-refractivity contribution in [1.82, 2.24) is 40.4 Å². The van der Waals surface area contributed by atoms with Gasteiger partial charge in [-0.25, -0.2) is 19.6 Å². The quantitative estimate of drug-likeness (QED) is 0.101. The Kier molecular flexibility index (Phi) is 12.5. The van der Waals surface area contributed by atoms with Crippen LogP contribution < -0.4 is 15.4 Å². The van der Waals surface area contributed by atoms with Crippen molar-refractivity contribution in [3.63, 3.8) is 0 Å². The van der Waals surface area contributed by atoms with Crippen molar-refractivity contribution >= 4 is 45.8 Å². The Morgan fingerprint density at radius 1 is 0.846 bits per heavy atom. The number of aromatic nitrogens is 4. The molecule has 16 heteroatoms. The van der Waals surface area contributed by atoms with E-state index < -0.39 is 24.3 Å². The maximum atomic E-state index is 14.5. The van der Waals surface area contributed by atoms with Gasteiger partial charge in [0.1, 0.15) is 36.1 Å². The van der Waals surface area contributed by atoms with Crippen LogP contribution in [0, 0.1) is 11.8 Å². The monoisotopic (exact) mass is 888 g/mol. The lowest BCUT2D eigenvalue weighted by atomic mass is 9.90. The Hall–Kier alpha value is -6.16. The van der Waals surface area contributed by atoms with Gasteiger partial charge in [0.25, 0.3) is 0 Å². The fourth-order valence-electron chi connectivity index (χ4n) is 10.6. The number of alkyl carbamates (subject to hydrolysis) is 2. The molecule has 0 aliphatic carbocycles. The number of nitrogens with one attached hydrogen (secondary N) is 4. The zero-order valence-electron chi connectivity index (χ0n) is 38.1. The summed E-state index contributed by atoms with van der Waals surface area (Å²) < 4.78 is 21.9. The highest BCUT2D eigenvalue weighted by atomic mass is 16.5. The van der Waals surface area contributed by atoms with E-state index in [1.807, 2.05) is 42.8 Å². The Balaban J connectivity index is 0.969. The number of carbonyl (C=O) groups is 4. The van der Waals surface area contributed by atoms with Gasteiger partial charge in [0, 0.05) is 36.2 Å². The van der Waals surface area contributed by atoms with Gasteiger partial charge in [0.2, 0.25) is 11.8 Å². The molecule has 4 amide bonds. The number of benzene rings is 3. The maximum Gasteiger partial charge on any atom is 0.407 e. The zero-order chi connectivity index (χ0) is 45.5. The molecule has 344 valence electrons. The van der Waals surface area contributed by atoms with Crippen LogP contribution in [0.4, 0.5) is 9.59 Å². The van der Waals surface area contributed by atoms with E-state index in [2.05, 4.69) is 63.9 Å². The van der Waals surface area contributed by atoms with Crippen molar-refractivity contribution in [1.29, 1.82) is 0 Å². The number of aromatic amines is 2. The van der Waals surface area contributed by atoms with E-state index in [-0.39, 0.29) is 47.8 Å². The smallest absolute Gasteiger partial charge is 0.407 e. The molecule has 6 heterocycles. The highest BCUT2D eigenvalue weighted by molar-refractivity contribution is 6.07. The van der Waals surface area contributed by atoms with E-state index in [0.29, 0.717) is 38.5 Å². The fraction of sp³-hybridized carbons (Fsp3) is 0.510. The predicted molar refractivity (Wildman–Crippen MR) is 244 cm³/mol. The second kappa shape index (κ2) is 18.4. The van der Waals surface area contributed by atoms with Gasteiger partial charge >= 0.3 is 12.2 Å². The van der Waals surface area contributed by atoms with Crippen molar-refractivity contribution < 1.29 is 38.1 Å². The lowest BCUT2D eigenvalue weighted by Gasteiger charge is -2.36. The van der Waals surface area contributed by atoms with E-state index in [0.717, 1.165) is 99.9 Å². The highest BCUT2D eigenvalue weighted by Crippen LogP contribution is 2.44. The van der Waals surface area contributed by atoms with Crippen LogP contribution in [0.1, 0.15) is 108 Å². The third kappa shape index (κ3) is 8.25. The minimum absolute atomic E-state index is 0.0123. The minimum atomic E-state index is -0.721. The van der Waals surface area contributed by atoms with Gasteiger partial charge in [0.15, 0.2) is 0 Å². The Bertz CT molecular complexity index is 2600. The third-order valence-corrected chi connectivity index (χ3v) is 14.5. The summed E-state index contributed by atoms with van der Waals surface area (Å²) in [7, 11) is 2.62. The fourth-order valence-corrected chi connectivity index (χ4v) is 10.6. The minimum Gasteiger partial charge on any atom is -0.488 e. The molecule has 4 aliphatic rings. The molecule has 4 aliphatic heterocycles. The SMILES string of the molecule is CCC(C)C(NC(=O)OC)C(=O)N1C(C)CCC1c1ncc(-c2ccc3c(c2)COc2cc4c(ccc5[nH]c(C6CCC(CC)N6C(=O)C(NC(=O)OC)C6CCOCC6)nc54)cc2-3)[nH]1. The standard InChI is InChI=1S/C49H60N8O8/c1-7-26(3)41(54-48(60)62-5)46(58)56-27(4)9-15-38(56)44-50-24-37(52-44)30-10-13-33-31(21-30)25-65-40-23-34-29(22-35(33)40)11-14-36-43(34)53-45(51-36)39-16-12-32(8-2)57(39)47(59)42(55-49(61)63-6)28-17-19-64-20-18-28/h10-11,13-14,21-24,26-28,32,38-39,41-42H,7-9,12,15-20,25H2,1-6H3,(H,50,52)(H,51,53)(H,54,60)(H,55,61). The predicted octanol–water partition coefficient (Wildman–Crippen LogP) is 8.08. The third-order valence-electron chi connectivity index (χ3n) is 14.5. The summed E-state index contributed by atoms with van der Waals surface area (Å²) in [6.45, 7) is 9.58. The number of fused-ring (bicyclic) bond motifs is 6. The maximum absolute atomic E-state index is 14.5. The van der Waals surface area contributed by atoms with Crippen molar-refractivity contribution in [2.75, 3.05) is 27.4 Å². The van der Waals surface area contributed by atoms with Crippen molar-refractivity contribution in [2.45, 2.75) is 122 Å². The lowest BCUT2D eigenvalue weighted by Crippen LogP contribution is -2.54. The largest absolute Gasteiger partial charge is 0.488 e. The second-order valence-corrected chi connectivity index (χ2v) is 18.1. The van der Waals surface area contributed by atoms with Crippen LogP contribution in [0.15, 0.2) is 48.7 Å². The molecule has 7 atom stereocenters. The van der Waals surface area contributed by atoms with Gasteiger partial charge in [-0.3, -0.25) is 9.59 Å². The summed E-state index contributed by atoms with van der Waals surface area (Å²) in [5.41, 5.74) is 6.61. The molecule has 4 N–H and O–H groups in total. The molecule has 16 nitrogen and oxygen atoms in total. The van der Waals surface area contributed by atoms with Gasteiger partial charge in [-0.15, -0.1) is 0 Å². The van der Waals surface area contributed by atoms with E-state index in [1.165, 1.54) is 14.2 Å². The highest BCUT2D eigenvalue weighted by Gasteiger charge is 2.45. The van der Waals surface area contributed by atoms with Crippen molar-refractivity contribution in [3.8, 4) is 28.1 Å². The Morgan fingerprint density at radius 3 is 2.35 bits per heavy atom. The normalized spacial score (nSPS) is 22.2. The molecule has 0 bridgehead atoms. The molecule has 3 fully saturated rings. The molecule has 2 aromatic heterocycles. The number of likely N-dealkylation sites (tertiary alicyclic amines) is 2. The van der Waals surface area contributed by atoms with Crippen molar-refractivity contribution in [3.05, 3.63) is 65.9 Å². The number of carbonyl (C=O) groups excluding carboxylic acids is 4. The first-order chi connectivity index (χ1) is 31.5. The summed E-state index contributed by atoms with van der Waals surface area (Å²) in [5, 5.41) is 7.63. The van der Waals surface area contributed by atoms with Crippen LogP contribution in [-0.4, -0.2) is 105 Å². The zero-order valence-corrected chi connectivity index (χ0v) is 38.1. The number of methoxy groups -OCH3 is 2. The summed E-state index contributed by atoms with van der Waals surface area (Å²) >= 11 is 0. The number of nitrogens with zero attached hydrogens (tertiary/aromatic N) is 4. The van der Waals surface area contributed by atoms with Crippen LogP contribution in [0.3, 0.4) is 0 Å². The molecule has 0 saturated carbocycles. The molecule has 65 heavy (non-hydrogen) atoms. The number of amides is 4. The average Bonchev–Trinajstić information content (AvgIpc) is 4.17. The topological polar surface area (TPSA) is 193 Å².